The Morgan fingerprint density at radius 2 is 1.94 bits per heavy atom. The topological polar surface area (TPSA) is 76.7 Å². The van der Waals surface area contributed by atoms with Crippen molar-refractivity contribution in [3.63, 3.8) is 0 Å². The molecule has 0 radical (unpaired) electrons. The fourth-order valence-corrected chi connectivity index (χ4v) is 1.19. The van der Waals surface area contributed by atoms with Gasteiger partial charge in [-0.25, -0.2) is 10.2 Å². The van der Waals surface area contributed by atoms with Crippen LogP contribution in [0.15, 0.2) is 24.3 Å². The quantitative estimate of drug-likeness (QED) is 0.788. The molecule has 0 aliphatic heterocycles. The third-order valence-electron chi connectivity index (χ3n) is 2.03. The van der Waals surface area contributed by atoms with Crippen LogP contribution in [0.4, 0.5) is 4.79 Å². The highest BCUT2D eigenvalue weighted by atomic mass is 16.6. The Morgan fingerprint density at radius 1 is 1.22 bits per heavy atom. The fraction of sp³-hybridized carbons (Fsp3) is 0.333. The number of rotatable bonds is 4. The van der Waals surface area contributed by atoms with Crippen LogP contribution >= 0.6 is 0 Å². The fourth-order valence-electron chi connectivity index (χ4n) is 1.19. The SMILES string of the molecule is CCOC(=O)NNC(=O)COc1ccccc1C. The van der Waals surface area contributed by atoms with Gasteiger partial charge in [-0.3, -0.25) is 10.2 Å². The Kier molecular flexibility index (Phi) is 5.50. The maximum Gasteiger partial charge on any atom is 0.426 e. The smallest absolute Gasteiger partial charge is 0.426 e. The molecule has 1 rings (SSSR count). The first-order chi connectivity index (χ1) is 8.63. The summed E-state index contributed by atoms with van der Waals surface area (Å²) in [5, 5.41) is 0. The average molecular weight is 252 g/mol. The maximum absolute atomic E-state index is 11.3. The van der Waals surface area contributed by atoms with E-state index in [0.29, 0.717) is 5.75 Å². The number of nitrogens with one attached hydrogen (secondary N) is 2. The van der Waals surface area contributed by atoms with Crippen LogP contribution in [0.25, 0.3) is 0 Å². The van der Waals surface area contributed by atoms with Gasteiger partial charge >= 0.3 is 6.09 Å². The van der Waals surface area contributed by atoms with E-state index in [4.69, 9.17) is 4.74 Å². The summed E-state index contributed by atoms with van der Waals surface area (Å²) < 4.78 is 9.86. The van der Waals surface area contributed by atoms with Crippen LogP contribution in [-0.4, -0.2) is 25.2 Å². The van der Waals surface area contributed by atoms with E-state index < -0.39 is 12.0 Å². The highest BCUT2D eigenvalue weighted by molar-refractivity contribution is 5.80. The van der Waals surface area contributed by atoms with Gasteiger partial charge in [0.15, 0.2) is 6.61 Å². The van der Waals surface area contributed by atoms with Gasteiger partial charge in [-0.05, 0) is 25.5 Å². The summed E-state index contributed by atoms with van der Waals surface area (Å²) in [4.78, 5) is 22.2. The first kappa shape index (κ1) is 13.8. The van der Waals surface area contributed by atoms with E-state index >= 15 is 0 Å². The van der Waals surface area contributed by atoms with Crippen molar-refractivity contribution in [1.29, 1.82) is 0 Å². The third kappa shape index (κ3) is 4.73. The predicted octanol–water partition coefficient (Wildman–Crippen LogP) is 1.15. The van der Waals surface area contributed by atoms with Crippen LogP contribution in [0.3, 0.4) is 0 Å². The lowest BCUT2D eigenvalue weighted by Crippen LogP contribution is -2.44. The third-order valence-corrected chi connectivity index (χ3v) is 2.03. The van der Waals surface area contributed by atoms with E-state index in [1.165, 1.54) is 0 Å². The van der Waals surface area contributed by atoms with Crippen LogP contribution in [-0.2, 0) is 9.53 Å². The Balaban J connectivity index is 2.29. The highest BCUT2D eigenvalue weighted by Gasteiger charge is 2.06. The van der Waals surface area contributed by atoms with E-state index in [0.717, 1.165) is 5.56 Å². The maximum atomic E-state index is 11.3. The largest absolute Gasteiger partial charge is 0.483 e. The molecule has 2 amide bonds. The molecular weight excluding hydrogens is 236 g/mol. The number of ether oxygens (including phenoxy) is 2. The second kappa shape index (κ2) is 7.16. The molecule has 0 atom stereocenters. The first-order valence-electron chi connectivity index (χ1n) is 5.53. The summed E-state index contributed by atoms with van der Waals surface area (Å²) >= 11 is 0. The van der Waals surface area contributed by atoms with Crippen molar-refractivity contribution < 1.29 is 19.1 Å². The Hall–Kier alpha value is -2.24. The number of hydrogen-bond acceptors (Lipinski definition) is 4. The normalized spacial score (nSPS) is 9.44. The van der Waals surface area contributed by atoms with Crippen molar-refractivity contribution in [1.82, 2.24) is 10.9 Å². The zero-order valence-corrected chi connectivity index (χ0v) is 10.4. The zero-order chi connectivity index (χ0) is 13.4. The van der Waals surface area contributed by atoms with Crippen molar-refractivity contribution in [2.75, 3.05) is 13.2 Å². The predicted molar refractivity (Wildman–Crippen MR) is 65.0 cm³/mol. The van der Waals surface area contributed by atoms with Gasteiger partial charge in [0.25, 0.3) is 5.91 Å². The van der Waals surface area contributed by atoms with Gasteiger partial charge in [-0.15, -0.1) is 0 Å². The zero-order valence-electron chi connectivity index (χ0n) is 10.4. The summed E-state index contributed by atoms with van der Waals surface area (Å²) in [6.07, 6.45) is -0.707. The lowest BCUT2D eigenvalue weighted by Gasteiger charge is -2.09. The number of hydrazine groups is 1. The van der Waals surface area contributed by atoms with Gasteiger partial charge in [0.05, 0.1) is 6.61 Å². The number of aryl methyl sites for hydroxylation is 1. The van der Waals surface area contributed by atoms with Gasteiger partial charge in [0, 0.05) is 0 Å². The van der Waals surface area contributed by atoms with E-state index in [1.54, 1.807) is 13.0 Å². The minimum atomic E-state index is -0.707. The number of benzene rings is 1. The van der Waals surface area contributed by atoms with Crippen molar-refractivity contribution in [3.05, 3.63) is 29.8 Å². The highest BCUT2D eigenvalue weighted by Crippen LogP contribution is 2.15. The number of carbonyl (C=O) groups is 2. The molecule has 18 heavy (non-hydrogen) atoms. The molecule has 1 aromatic carbocycles. The minimum absolute atomic E-state index is 0.183. The molecule has 0 unspecified atom stereocenters. The van der Waals surface area contributed by atoms with Gasteiger partial charge in [0.1, 0.15) is 5.75 Å². The van der Waals surface area contributed by atoms with Gasteiger partial charge in [-0.1, -0.05) is 18.2 Å². The molecular formula is C12H16N2O4. The standard InChI is InChI=1S/C12H16N2O4/c1-3-17-12(16)14-13-11(15)8-18-10-7-5-4-6-9(10)2/h4-7H,3,8H2,1-2H3,(H,13,15)(H,14,16). The van der Waals surface area contributed by atoms with Gasteiger partial charge in [0.2, 0.25) is 0 Å². The molecule has 0 saturated heterocycles. The lowest BCUT2D eigenvalue weighted by molar-refractivity contribution is -0.124. The van der Waals surface area contributed by atoms with Crippen molar-refractivity contribution >= 4 is 12.0 Å². The molecule has 6 nitrogen and oxygen atoms in total. The van der Waals surface area contributed by atoms with Crippen LogP contribution in [0, 0.1) is 6.92 Å². The molecule has 2 N–H and O–H groups in total. The molecule has 1 aromatic rings. The van der Waals surface area contributed by atoms with Gasteiger partial charge < -0.3 is 9.47 Å². The summed E-state index contributed by atoms with van der Waals surface area (Å²) in [6.45, 7) is 3.60. The van der Waals surface area contributed by atoms with E-state index in [2.05, 4.69) is 15.6 Å². The monoisotopic (exact) mass is 252 g/mol. The molecule has 6 heteroatoms. The molecule has 98 valence electrons. The number of para-hydroxylation sites is 1. The number of hydrogen-bond donors (Lipinski definition) is 2. The summed E-state index contributed by atoms with van der Waals surface area (Å²) in [6, 6.07) is 7.34. The van der Waals surface area contributed by atoms with E-state index in [9.17, 15) is 9.59 Å². The second-order valence-electron chi connectivity index (χ2n) is 3.45. The van der Waals surface area contributed by atoms with Crippen LogP contribution in [0.1, 0.15) is 12.5 Å². The molecule has 0 saturated carbocycles. The number of amides is 2. The first-order valence-corrected chi connectivity index (χ1v) is 5.53. The van der Waals surface area contributed by atoms with Gasteiger partial charge in [-0.2, -0.15) is 0 Å². The molecule has 0 aromatic heterocycles. The Bertz CT molecular complexity index is 420. The molecule has 0 aliphatic rings. The van der Waals surface area contributed by atoms with Crippen LogP contribution < -0.4 is 15.6 Å². The van der Waals surface area contributed by atoms with E-state index in [1.807, 2.05) is 25.1 Å². The summed E-state index contributed by atoms with van der Waals surface area (Å²) in [7, 11) is 0. The molecule has 0 aliphatic carbocycles. The molecule has 0 bridgehead atoms. The molecule has 0 heterocycles. The summed E-state index contributed by atoms with van der Waals surface area (Å²) in [5.41, 5.74) is 5.20. The molecule has 0 fully saturated rings. The molecule has 0 spiro atoms. The van der Waals surface area contributed by atoms with Crippen molar-refractivity contribution in [2.24, 2.45) is 0 Å². The van der Waals surface area contributed by atoms with Crippen molar-refractivity contribution in [3.8, 4) is 5.75 Å². The number of carbonyl (C=O) groups excluding carboxylic acids is 2. The second-order valence-corrected chi connectivity index (χ2v) is 3.45. The Labute approximate surface area is 105 Å². The van der Waals surface area contributed by atoms with Crippen molar-refractivity contribution in [2.45, 2.75) is 13.8 Å². The van der Waals surface area contributed by atoms with Crippen LogP contribution in [0.5, 0.6) is 5.75 Å². The van der Waals surface area contributed by atoms with E-state index in [-0.39, 0.29) is 13.2 Å². The Morgan fingerprint density at radius 3 is 2.61 bits per heavy atom. The average Bonchev–Trinajstić information content (AvgIpc) is 2.36. The summed E-state index contributed by atoms with van der Waals surface area (Å²) in [5.74, 6) is 0.162. The minimum Gasteiger partial charge on any atom is -0.483 e. The van der Waals surface area contributed by atoms with Crippen LogP contribution in [0.2, 0.25) is 0 Å². The lowest BCUT2D eigenvalue weighted by atomic mass is 10.2.